The summed E-state index contributed by atoms with van der Waals surface area (Å²) in [7, 11) is 1.57. The molecule has 230 valence electrons. The number of imidazole rings is 1. The van der Waals surface area contributed by atoms with Crippen molar-refractivity contribution in [1.82, 2.24) is 24.7 Å². The first-order valence-electron chi connectivity index (χ1n) is 13.9. The van der Waals surface area contributed by atoms with Crippen LogP contribution in [0, 0.1) is 5.82 Å². The summed E-state index contributed by atoms with van der Waals surface area (Å²) in [5.41, 5.74) is 1.09. The van der Waals surface area contributed by atoms with Gasteiger partial charge < -0.3 is 34.8 Å². The number of anilines is 1. The second-order valence-corrected chi connectivity index (χ2v) is 10.9. The number of aliphatic hydroxyl groups excluding tert-OH is 1. The van der Waals surface area contributed by atoms with Crippen LogP contribution in [-0.2, 0) is 11.8 Å². The van der Waals surface area contributed by atoms with Gasteiger partial charge in [-0.3, -0.25) is 9.59 Å². The zero-order chi connectivity index (χ0) is 30.7. The van der Waals surface area contributed by atoms with Crippen LogP contribution in [0.5, 0.6) is 5.75 Å². The van der Waals surface area contributed by atoms with Gasteiger partial charge in [-0.15, -0.1) is 0 Å². The van der Waals surface area contributed by atoms with Gasteiger partial charge in [0, 0.05) is 63.0 Å². The number of aliphatic hydroxyl groups is 1. The van der Waals surface area contributed by atoms with Crippen LogP contribution in [0.25, 0.3) is 11.3 Å². The number of ether oxygens (including phenoxy) is 1. The average Bonchev–Trinajstić information content (AvgIpc) is 3.62. The molecule has 0 spiro atoms. The highest BCUT2D eigenvalue weighted by atomic mass is 35.5. The topological polar surface area (TPSA) is 112 Å². The number of carbonyl (C=O) groups excluding carboxylic acids is 2. The highest BCUT2D eigenvalue weighted by molar-refractivity contribution is 6.34. The third-order valence-corrected chi connectivity index (χ3v) is 8.03. The van der Waals surface area contributed by atoms with E-state index in [0.717, 1.165) is 25.5 Å². The number of benzene rings is 2. The number of nitrogens with zero attached hydrogens (tertiary/aromatic N) is 4. The Labute approximate surface area is 251 Å². The van der Waals surface area contributed by atoms with E-state index < -0.39 is 18.7 Å². The Hall–Kier alpha value is -3.81. The maximum Gasteiger partial charge on any atom is 0.387 e. The van der Waals surface area contributed by atoms with Gasteiger partial charge in [-0.25, -0.2) is 9.37 Å². The van der Waals surface area contributed by atoms with E-state index in [1.165, 1.54) is 29.0 Å². The molecule has 10 nitrogen and oxygen atoms in total. The molecule has 0 bridgehead atoms. The predicted molar refractivity (Wildman–Crippen MR) is 153 cm³/mol. The van der Waals surface area contributed by atoms with Gasteiger partial charge in [-0.05, 0) is 49.7 Å². The monoisotopic (exact) mass is 620 g/mol. The molecule has 2 aromatic carbocycles. The second-order valence-electron chi connectivity index (χ2n) is 10.5. The van der Waals surface area contributed by atoms with Crippen LogP contribution in [0.15, 0.2) is 42.6 Å². The summed E-state index contributed by atoms with van der Waals surface area (Å²) in [6, 6.07) is 8.25. The molecule has 3 heterocycles. The molecule has 2 atom stereocenters. The summed E-state index contributed by atoms with van der Waals surface area (Å²) >= 11 is 6.46. The van der Waals surface area contributed by atoms with E-state index in [-0.39, 0.29) is 40.0 Å². The van der Waals surface area contributed by atoms with E-state index >= 15 is 0 Å². The normalized spacial score (nSPS) is 17.8. The van der Waals surface area contributed by atoms with Crippen LogP contribution in [0.1, 0.15) is 41.7 Å². The molecular formula is C29H32ClF3N6O4. The number of hydrogen-bond donors (Lipinski definition) is 3. The molecule has 1 unspecified atom stereocenters. The molecule has 0 saturated carbocycles. The molecule has 14 heteroatoms. The average molecular weight is 621 g/mol. The van der Waals surface area contributed by atoms with Crippen molar-refractivity contribution >= 4 is 29.1 Å². The number of piperazine rings is 1. The molecule has 2 amide bonds. The minimum atomic E-state index is -3.08. The van der Waals surface area contributed by atoms with Gasteiger partial charge in [0.05, 0.1) is 22.5 Å². The Morgan fingerprint density at radius 2 is 1.91 bits per heavy atom. The summed E-state index contributed by atoms with van der Waals surface area (Å²) in [6.45, 7) is -0.399. The maximum absolute atomic E-state index is 14.6. The Morgan fingerprint density at radius 3 is 2.56 bits per heavy atom. The van der Waals surface area contributed by atoms with Crippen molar-refractivity contribution in [2.24, 2.45) is 7.05 Å². The van der Waals surface area contributed by atoms with E-state index in [2.05, 4.69) is 20.4 Å². The van der Waals surface area contributed by atoms with Gasteiger partial charge in [-0.2, -0.15) is 8.78 Å². The molecule has 3 aromatic rings. The first-order valence-corrected chi connectivity index (χ1v) is 14.3. The fourth-order valence-corrected chi connectivity index (χ4v) is 5.67. The van der Waals surface area contributed by atoms with E-state index in [9.17, 15) is 27.9 Å². The summed E-state index contributed by atoms with van der Waals surface area (Å²) in [4.78, 5) is 33.5. The van der Waals surface area contributed by atoms with Crippen molar-refractivity contribution in [2.45, 2.75) is 38.1 Å². The second kappa shape index (κ2) is 13.2. The predicted octanol–water partition coefficient (Wildman–Crippen LogP) is 4.01. The number of halogens is 4. The summed E-state index contributed by atoms with van der Waals surface area (Å²) in [6.07, 6.45) is 2.58. The lowest BCUT2D eigenvalue weighted by molar-refractivity contribution is -0.133. The maximum atomic E-state index is 14.6. The molecule has 2 fully saturated rings. The van der Waals surface area contributed by atoms with Gasteiger partial charge in [-0.1, -0.05) is 11.6 Å². The third-order valence-electron chi connectivity index (χ3n) is 7.72. The van der Waals surface area contributed by atoms with Gasteiger partial charge >= 0.3 is 6.61 Å². The minimum absolute atomic E-state index is 0.0806. The summed E-state index contributed by atoms with van der Waals surface area (Å²) < 4.78 is 45.2. The number of alkyl halides is 2. The van der Waals surface area contributed by atoms with Crippen LogP contribution < -0.4 is 15.4 Å². The number of aromatic nitrogens is 2. The number of hydrogen-bond acceptors (Lipinski definition) is 7. The highest BCUT2D eigenvalue weighted by Gasteiger charge is 2.28. The Balaban J connectivity index is 1.19. The molecule has 43 heavy (non-hydrogen) atoms. The lowest BCUT2D eigenvalue weighted by Crippen LogP contribution is -2.51. The lowest BCUT2D eigenvalue weighted by Gasteiger charge is -2.35. The van der Waals surface area contributed by atoms with Gasteiger partial charge in [0.1, 0.15) is 11.6 Å². The Bertz CT molecular complexity index is 1470. The highest BCUT2D eigenvalue weighted by Crippen LogP contribution is 2.30. The molecule has 2 aliphatic rings. The van der Waals surface area contributed by atoms with Crippen molar-refractivity contribution in [1.29, 1.82) is 0 Å². The quantitative estimate of drug-likeness (QED) is 0.310. The van der Waals surface area contributed by atoms with E-state index in [1.807, 2.05) is 0 Å². The molecular weight excluding hydrogens is 589 g/mol. The largest absolute Gasteiger partial charge is 0.435 e. The van der Waals surface area contributed by atoms with Gasteiger partial charge in [0.2, 0.25) is 5.91 Å². The van der Waals surface area contributed by atoms with Crippen molar-refractivity contribution < 1.29 is 32.6 Å². The van der Waals surface area contributed by atoms with Gasteiger partial charge in [0.15, 0.2) is 12.1 Å². The molecule has 3 N–H and O–H groups in total. The SMILES string of the molecule is Cn1c(-c2ccc(OC(F)F)cc2F)cnc1C(O)Nc1ccc(C(=O)N2CCN(C(=O)C[C@@H]3CCCN3)CC2)c(Cl)c1. The molecule has 1 aromatic heterocycles. The fraction of sp³-hybridized carbons (Fsp3) is 0.414. The summed E-state index contributed by atoms with van der Waals surface area (Å²) in [5, 5.41) is 17.2. The molecule has 5 rings (SSSR count). The van der Waals surface area contributed by atoms with E-state index in [0.29, 0.717) is 49.5 Å². The number of nitrogens with one attached hydrogen (secondary N) is 2. The van der Waals surface area contributed by atoms with Crippen LogP contribution in [-0.4, -0.2) is 81.6 Å². The zero-order valence-corrected chi connectivity index (χ0v) is 24.2. The van der Waals surface area contributed by atoms with Crippen LogP contribution in [0.2, 0.25) is 5.02 Å². The number of carbonyl (C=O) groups is 2. The Kier molecular flexibility index (Phi) is 9.43. The lowest BCUT2D eigenvalue weighted by atomic mass is 10.1. The van der Waals surface area contributed by atoms with Crippen molar-refractivity contribution in [3.8, 4) is 17.0 Å². The number of amides is 2. The minimum Gasteiger partial charge on any atom is -0.435 e. The van der Waals surface area contributed by atoms with Crippen molar-refractivity contribution in [2.75, 3.05) is 38.0 Å². The standard InChI is InChI=1S/C29H32ClF3N6O4/c1-37-24(21-7-5-19(15-23(21)31)43-29(32)33)16-35-26(37)27(41)36-18-4-6-20(22(30)13-18)28(42)39-11-9-38(10-12-39)25(40)14-17-3-2-8-34-17/h4-7,13,15-17,27,29,34,36,41H,2-3,8-12,14H2,1H3/t17-,27?/m0/s1. The molecule has 2 saturated heterocycles. The van der Waals surface area contributed by atoms with Crippen molar-refractivity contribution in [3.63, 3.8) is 0 Å². The third kappa shape index (κ3) is 7.06. The van der Waals surface area contributed by atoms with Crippen molar-refractivity contribution in [3.05, 3.63) is 64.8 Å². The number of rotatable bonds is 9. The fourth-order valence-electron chi connectivity index (χ4n) is 5.41. The molecule has 2 aliphatic heterocycles. The first-order chi connectivity index (χ1) is 20.6. The first kappa shape index (κ1) is 30.6. The van der Waals surface area contributed by atoms with Gasteiger partial charge in [0.25, 0.3) is 5.91 Å². The van der Waals surface area contributed by atoms with Crippen LogP contribution in [0.4, 0.5) is 18.9 Å². The van der Waals surface area contributed by atoms with E-state index in [1.54, 1.807) is 29.0 Å². The molecule has 0 aliphatic carbocycles. The summed E-state index contributed by atoms with van der Waals surface area (Å²) in [5.74, 6) is -1.11. The smallest absolute Gasteiger partial charge is 0.387 e. The molecule has 0 radical (unpaired) electrons. The Morgan fingerprint density at radius 1 is 1.16 bits per heavy atom. The zero-order valence-electron chi connectivity index (χ0n) is 23.4. The van der Waals surface area contributed by atoms with Crippen LogP contribution in [0.3, 0.4) is 0 Å². The van der Waals surface area contributed by atoms with Crippen LogP contribution >= 0.6 is 11.6 Å². The van der Waals surface area contributed by atoms with E-state index in [4.69, 9.17) is 11.6 Å².